The van der Waals surface area contributed by atoms with E-state index in [1.807, 2.05) is 41.5 Å². The highest BCUT2D eigenvalue weighted by Crippen LogP contribution is 2.27. The maximum Gasteiger partial charge on any atom is 0.173 e. The van der Waals surface area contributed by atoms with E-state index in [1.165, 1.54) is 0 Å². The molecule has 34 heavy (non-hydrogen) atoms. The van der Waals surface area contributed by atoms with Gasteiger partial charge in [0.25, 0.3) is 0 Å². The van der Waals surface area contributed by atoms with Crippen molar-refractivity contribution >= 4 is 19.6 Å². The molecule has 0 aliphatic rings. The summed E-state index contributed by atoms with van der Waals surface area (Å²) in [6.07, 6.45) is 1.43. The Labute approximate surface area is 207 Å². The lowest BCUT2D eigenvalue weighted by Crippen LogP contribution is -2.26. The van der Waals surface area contributed by atoms with Crippen LogP contribution in [0.2, 0.25) is 25.7 Å². The maximum absolute atomic E-state index is 13.5. The van der Waals surface area contributed by atoms with Gasteiger partial charge in [0.15, 0.2) is 11.6 Å². The molecule has 4 nitrogen and oxygen atoms in total. The average Bonchev–Trinajstić information content (AvgIpc) is 2.68. The van der Waals surface area contributed by atoms with Crippen molar-refractivity contribution in [2.75, 3.05) is 0 Å². The van der Waals surface area contributed by atoms with Gasteiger partial charge >= 0.3 is 0 Å². The average molecular weight is 483 g/mol. The van der Waals surface area contributed by atoms with Crippen molar-refractivity contribution in [1.82, 2.24) is 0 Å². The van der Waals surface area contributed by atoms with Crippen molar-refractivity contribution in [3.63, 3.8) is 0 Å². The molecule has 0 bridgehead atoms. The SMILES string of the molecule is CC(C)(C)Oc1ccc(C(=O)C(CCC[Si](C)(C)C)C(=O)c2ccc(OC(C)(C)C)cc2)cc1. The lowest BCUT2D eigenvalue weighted by Gasteiger charge is -2.22. The van der Waals surface area contributed by atoms with Crippen LogP contribution >= 0.6 is 0 Å². The minimum Gasteiger partial charge on any atom is -0.488 e. The molecule has 0 unspecified atom stereocenters. The van der Waals surface area contributed by atoms with Gasteiger partial charge in [-0.3, -0.25) is 9.59 Å². The Morgan fingerprint density at radius 2 is 1.06 bits per heavy atom. The molecule has 186 valence electrons. The first-order chi connectivity index (χ1) is 15.5. The summed E-state index contributed by atoms with van der Waals surface area (Å²) in [5.74, 6) is 0.469. The van der Waals surface area contributed by atoms with Crippen molar-refractivity contribution < 1.29 is 19.1 Å². The zero-order valence-corrected chi connectivity index (χ0v) is 23.5. The predicted octanol–water partition coefficient (Wildman–Crippen LogP) is 7.84. The van der Waals surface area contributed by atoms with Crippen molar-refractivity contribution in [3.05, 3.63) is 59.7 Å². The zero-order valence-electron chi connectivity index (χ0n) is 22.5. The van der Waals surface area contributed by atoms with Gasteiger partial charge in [-0.2, -0.15) is 0 Å². The highest BCUT2D eigenvalue weighted by Gasteiger charge is 2.29. The number of rotatable bonds is 10. The van der Waals surface area contributed by atoms with Gasteiger partial charge in [0, 0.05) is 19.2 Å². The molecule has 0 fully saturated rings. The molecular weight excluding hydrogens is 440 g/mol. The van der Waals surface area contributed by atoms with E-state index in [1.54, 1.807) is 48.5 Å². The van der Waals surface area contributed by atoms with Gasteiger partial charge in [0.05, 0.1) is 5.92 Å². The number of Topliss-reactive ketones (excluding diaryl/α,β-unsaturated/α-hetero) is 2. The molecular formula is C29H42O4Si. The summed E-state index contributed by atoms with van der Waals surface area (Å²) in [6.45, 7) is 18.8. The normalized spacial score (nSPS) is 12.5. The molecule has 0 saturated carbocycles. The molecule has 2 aromatic rings. The van der Waals surface area contributed by atoms with Crippen LogP contribution in [-0.4, -0.2) is 30.8 Å². The van der Waals surface area contributed by atoms with Gasteiger partial charge in [-0.1, -0.05) is 32.1 Å². The van der Waals surface area contributed by atoms with Crippen LogP contribution in [0.15, 0.2) is 48.5 Å². The molecule has 0 aliphatic heterocycles. The number of ketones is 2. The molecule has 0 N–H and O–H groups in total. The van der Waals surface area contributed by atoms with Gasteiger partial charge in [0.2, 0.25) is 0 Å². The van der Waals surface area contributed by atoms with E-state index in [0.29, 0.717) is 29.0 Å². The third-order valence-electron chi connectivity index (χ3n) is 5.18. The van der Waals surface area contributed by atoms with Crippen molar-refractivity contribution in [3.8, 4) is 11.5 Å². The zero-order chi connectivity index (χ0) is 25.7. The Morgan fingerprint density at radius 3 is 1.35 bits per heavy atom. The molecule has 0 heterocycles. The van der Waals surface area contributed by atoms with Gasteiger partial charge < -0.3 is 9.47 Å². The summed E-state index contributed by atoms with van der Waals surface area (Å²) >= 11 is 0. The third kappa shape index (κ3) is 9.45. The highest BCUT2D eigenvalue weighted by molar-refractivity contribution is 6.76. The lowest BCUT2D eigenvalue weighted by atomic mass is 9.86. The van der Waals surface area contributed by atoms with Crippen LogP contribution in [0.4, 0.5) is 0 Å². The molecule has 0 spiro atoms. The smallest absolute Gasteiger partial charge is 0.173 e. The Kier molecular flexibility index (Phi) is 8.92. The number of benzene rings is 2. The van der Waals surface area contributed by atoms with Crippen LogP contribution in [0, 0.1) is 5.92 Å². The maximum atomic E-state index is 13.5. The Bertz CT molecular complexity index is 884. The summed E-state index contributed by atoms with van der Waals surface area (Å²) in [4.78, 5) is 27.0. The summed E-state index contributed by atoms with van der Waals surface area (Å²) < 4.78 is 11.8. The predicted molar refractivity (Wildman–Crippen MR) is 143 cm³/mol. The van der Waals surface area contributed by atoms with E-state index in [9.17, 15) is 9.59 Å². The topological polar surface area (TPSA) is 52.6 Å². The standard InChI is InChI=1S/C29H42O4Si/c1-28(2,3)32-23-16-12-21(13-17-23)26(30)25(11-10-20-34(7,8)9)27(31)22-14-18-24(19-15-22)33-29(4,5)6/h12-19,25H,10-11,20H2,1-9H3. The fraction of sp³-hybridized carbons (Fsp3) is 0.517. The van der Waals surface area contributed by atoms with Crippen LogP contribution in [0.3, 0.4) is 0 Å². The van der Waals surface area contributed by atoms with Crippen molar-refractivity contribution in [2.24, 2.45) is 5.92 Å². The fourth-order valence-corrected chi connectivity index (χ4v) is 4.97. The van der Waals surface area contributed by atoms with Gasteiger partial charge in [-0.05, 0) is 96.5 Å². The second-order valence-electron chi connectivity index (χ2n) is 12.2. The third-order valence-corrected chi connectivity index (χ3v) is 7.03. The minimum absolute atomic E-state index is 0.127. The van der Waals surface area contributed by atoms with Gasteiger partial charge in [-0.15, -0.1) is 0 Å². The number of hydrogen-bond acceptors (Lipinski definition) is 4. The van der Waals surface area contributed by atoms with Crippen molar-refractivity contribution in [2.45, 2.75) is 91.3 Å². The summed E-state index contributed by atoms with van der Waals surface area (Å²) in [5, 5.41) is 0. The first-order valence-electron chi connectivity index (χ1n) is 12.2. The number of ether oxygens (including phenoxy) is 2. The molecule has 0 saturated heterocycles. The Balaban J connectivity index is 2.26. The summed E-state index contributed by atoms with van der Waals surface area (Å²) in [6, 6.07) is 15.4. The first kappa shape index (κ1) is 27.8. The molecule has 0 radical (unpaired) electrons. The monoisotopic (exact) mass is 482 g/mol. The Morgan fingerprint density at radius 1 is 0.706 bits per heavy atom. The number of hydrogen-bond donors (Lipinski definition) is 0. The quantitative estimate of drug-likeness (QED) is 0.197. The number of carbonyl (C=O) groups is 2. The largest absolute Gasteiger partial charge is 0.488 e. The van der Waals surface area contributed by atoms with Gasteiger partial charge in [-0.25, -0.2) is 0 Å². The van der Waals surface area contributed by atoms with Gasteiger partial charge in [0.1, 0.15) is 22.7 Å². The Hall–Kier alpha value is -2.40. The van der Waals surface area contributed by atoms with Crippen LogP contribution in [0.25, 0.3) is 0 Å². The molecule has 0 aliphatic carbocycles. The van der Waals surface area contributed by atoms with Crippen LogP contribution in [-0.2, 0) is 0 Å². The molecule has 0 amide bonds. The highest BCUT2D eigenvalue weighted by atomic mass is 28.3. The molecule has 0 atom stereocenters. The number of carbonyl (C=O) groups excluding carboxylic acids is 2. The minimum atomic E-state index is -1.27. The van der Waals surface area contributed by atoms with E-state index in [0.717, 1.165) is 12.5 Å². The van der Waals surface area contributed by atoms with E-state index in [4.69, 9.17) is 9.47 Å². The second-order valence-corrected chi connectivity index (χ2v) is 17.8. The van der Waals surface area contributed by atoms with E-state index >= 15 is 0 Å². The summed E-state index contributed by atoms with van der Waals surface area (Å²) in [7, 11) is -1.27. The van der Waals surface area contributed by atoms with Crippen molar-refractivity contribution in [1.29, 1.82) is 0 Å². The first-order valence-corrected chi connectivity index (χ1v) is 15.9. The molecule has 0 aromatic heterocycles. The van der Waals surface area contributed by atoms with Crippen LogP contribution < -0.4 is 9.47 Å². The lowest BCUT2D eigenvalue weighted by molar-refractivity contribution is 0.0798. The van der Waals surface area contributed by atoms with E-state index in [2.05, 4.69) is 19.6 Å². The molecule has 2 aromatic carbocycles. The molecule has 5 heteroatoms. The molecule has 2 rings (SSSR count). The van der Waals surface area contributed by atoms with E-state index in [-0.39, 0.29) is 22.8 Å². The van der Waals surface area contributed by atoms with Crippen LogP contribution in [0.1, 0.15) is 75.1 Å². The fourth-order valence-electron chi connectivity index (χ4n) is 3.70. The second kappa shape index (κ2) is 10.9. The summed E-state index contributed by atoms with van der Waals surface area (Å²) in [5.41, 5.74) is 0.452. The van der Waals surface area contributed by atoms with Crippen LogP contribution in [0.5, 0.6) is 11.5 Å². The van der Waals surface area contributed by atoms with E-state index < -0.39 is 14.0 Å².